The van der Waals surface area contributed by atoms with Crippen molar-refractivity contribution in [3.8, 4) is 23.1 Å². The number of thiocarbonyl (C=S) groups is 1. The van der Waals surface area contributed by atoms with Gasteiger partial charge in [0.2, 0.25) is 0 Å². The highest BCUT2D eigenvalue weighted by Crippen LogP contribution is 2.32. The van der Waals surface area contributed by atoms with Gasteiger partial charge in [-0.25, -0.2) is 4.79 Å². The van der Waals surface area contributed by atoms with Crippen LogP contribution in [0.25, 0.3) is 11.3 Å². The van der Waals surface area contributed by atoms with E-state index in [0.717, 1.165) is 66.5 Å². The maximum absolute atomic E-state index is 13.3. The molecular weight excluding hydrogens is 657 g/mol. The topological polar surface area (TPSA) is 109 Å². The summed E-state index contributed by atoms with van der Waals surface area (Å²) in [6.07, 6.45) is 2.42. The first-order valence-electron chi connectivity index (χ1n) is 15.9. The number of urea groups is 1. The molecule has 0 bridgehead atoms. The minimum absolute atomic E-state index is 0.0969. The van der Waals surface area contributed by atoms with Crippen molar-refractivity contribution in [1.82, 2.24) is 29.8 Å². The Bertz CT molecular complexity index is 1740. The molecule has 2 aromatic carbocycles. The molecule has 246 valence electrons. The summed E-state index contributed by atoms with van der Waals surface area (Å²) in [6.45, 7) is 7.39. The summed E-state index contributed by atoms with van der Waals surface area (Å²) in [5.41, 5.74) is 11.1. The van der Waals surface area contributed by atoms with Crippen molar-refractivity contribution >= 4 is 52.3 Å². The third-order valence-corrected chi connectivity index (χ3v) is 9.77. The Kier molecular flexibility index (Phi) is 10.6. The lowest BCUT2D eigenvalue weighted by atomic mass is 9.99. The number of amides is 3. The summed E-state index contributed by atoms with van der Waals surface area (Å²) in [4.78, 5) is 31.9. The second-order valence-electron chi connectivity index (χ2n) is 11.8. The number of benzene rings is 2. The highest BCUT2D eigenvalue weighted by atomic mass is 35.5. The Morgan fingerprint density at radius 3 is 2.68 bits per heavy atom. The molecule has 10 nitrogen and oxygen atoms in total. The van der Waals surface area contributed by atoms with Gasteiger partial charge in [0.1, 0.15) is 4.99 Å². The molecule has 0 radical (unpaired) electrons. The fourth-order valence-corrected chi connectivity index (χ4v) is 6.82. The number of hydrogen-bond acceptors (Lipinski definition) is 6. The van der Waals surface area contributed by atoms with Crippen LogP contribution in [-0.4, -0.2) is 100 Å². The number of aryl methyl sites for hydroxylation is 1. The van der Waals surface area contributed by atoms with E-state index in [0.29, 0.717) is 79.1 Å². The van der Waals surface area contributed by atoms with Gasteiger partial charge in [0.25, 0.3) is 5.91 Å². The summed E-state index contributed by atoms with van der Waals surface area (Å²) in [5, 5.41) is 9.26. The van der Waals surface area contributed by atoms with Crippen molar-refractivity contribution in [3.05, 3.63) is 74.4 Å². The lowest BCUT2D eigenvalue weighted by molar-refractivity contribution is 0.0766. The van der Waals surface area contributed by atoms with Crippen molar-refractivity contribution in [2.45, 2.75) is 32.4 Å². The van der Waals surface area contributed by atoms with Crippen LogP contribution in [0.1, 0.15) is 45.6 Å². The average Bonchev–Trinajstić information content (AvgIpc) is 3.22. The summed E-state index contributed by atoms with van der Waals surface area (Å²) < 4.78 is 7.51. The molecule has 2 fully saturated rings. The number of fused-ring (bicyclic) bond motifs is 1. The molecule has 1 aromatic heterocycles. The highest BCUT2D eigenvalue weighted by Gasteiger charge is 2.28. The first kappa shape index (κ1) is 33.2. The van der Waals surface area contributed by atoms with E-state index in [1.807, 2.05) is 23.1 Å². The van der Waals surface area contributed by atoms with Crippen LogP contribution in [0.15, 0.2) is 36.4 Å². The molecule has 0 atom stereocenters. The Labute approximate surface area is 290 Å². The zero-order valence-electron chi connectivity index (χ0n) is 26.1. The van der Waals surface area contributed by atoms with Gasteiger partial charge in [0.15, 0.2) is 0 Å². The summed E-state index contributed by atoms with van der Waals surface area (Å²) in [7, 11) is 0. The van der Waals surface area contributed by atoms with Crippen molar-refractivity contribution in [3.63, 3.8) is 0 Å². The lowest BCUT2D eigenvalue weighted by Crippen LogP contribution is -2.41. The molecular formula is C34H37Cl2N7O3S. The van der Waals surface area contributed by atoms with E-state index in [1.165, 1.54) is 0 Å². The van der Waals surface area contributed by atoms with E-state index >= 15 is 0 Å². The molecule has 4 heterocycles. The number of hydrogen-bond donors (Lipinski definition) is 2. The van der Waals surface area contributed by atoms with Gasteiger partial charge < -0.3 is 30.5 Å². The van der Waals surface area contributed by atoms with E-state index < -0.39 is 6.03 Å². The predicted molar refractivity (Wildman–Crippen MR) is 187 cm³/mol. The monoisotopic (exact) mass is 693 g/mol. The van der Waals surface area contributed by atoms with E-state index in [-0.39, 0.29) is 5.91 Å². The first-order valence-corrected chi connectivity index (χ1v) is 17.0. The molecule has 0 saturated carbocycles. The maximum Gasteiger partial charge on any atom is 0.315 e. The SMILES string of the molecule is NC(=O)N1CCc2c(c(-c3ccc(Cl)c(C#Cc4ccc(Cl)c(C(=O)N5CCCNCC5)c4)c3)nn2CCCN2CCOCC2=S)C1. The Morgan fingerprint density at radius 2 is 1.85 bits per heavy atom. The van der Waals surface area contributed by atoms with Crippen LogP contribution in [0, 0.1) is 11.8 Å². The van der Waals surface area contributed by atoms with Gasteiger partial charge in [-0.15, -0.1) is 0 Å². The predicted octanol–water partition coefficient (Wildman–Crippen LogP) is 4.18. The number of nitrogens with zero attached hydrogens (tertiary/aromatic N) is 5. The van der Waals surface area contributed by atoms with Crippen LogP contribution in [0.4, 0.5) is 4.79 Å². The van der Waals surface area contributed by atoms with Crippen LogP contribution in [0.3, 0.4) is 0 Å². The Hall–Kier alpha value is -3.66. The van der Waals surface area contributed by atoms with Crippen molar-refractivity contribution in [1.29, 1.82) is 0 Å². The third kappa shape index (κ3) is 7.74. The van der Waals surface area contributed by atoms with Crippen molar-refractivity contribution in [2.24, 2.45) is 5.73 Å². The van der Waals surface area contributed by atoms with E-state index in [2.05, 4.69) is 26.7 Å². The second kappa shape index (κ2) is 15.0. The number of rotatable bonds is 6. The molecule has 3 aromatic rings. The fourth-order valence-electron chi connectivity index (χ4n) is 6.19. The molecule has 3 aliphatic rings. The zero-order chi connectivity index (χ0) is 32.9. The second-order valence-corrected chi connectivity index (χ2v) is 13.1. The highest BCUT2D eigenvalue weighted by molar-refractivity contribution is 7.80. The maximum atomic E-state index is 13.3. The normalized spacial score (nSPS) is 16.7. The van der Waals surface area contributed by atoms with Crippen molar-refractivity contribution < 1.29 is 14.3 Å². The van der Waals surface area contributed by atoms with Crippen LogP contribution in [0.5, 0.6) is 0 Å². The molecule has 6 rings (SSSR count). The van der Waals surface area contributed by atoms with E-state index in [4.69, 9.17) is 51.0 Å². The Morgan fingerprint density at radius 1 is 1.00 bits per heavy atom. The minimum atomic E-state index is -0.453. The number of aromatic nitrogens is 2. The molecule has 0 unspecified atom stereocenters. The molecule has 3 aliphatic heterocycles. The quantitative estimate of drug-likeness (QED) is 0.295. The first-order chi connectivity index (χ1) is 22.8. The van der Waals surface area contributed by atoms with Crippen LogP contribution >= 0.6 is 35.4 Å². The summed E-state index contributed by atoms with van der Waals surface area (Å²) in [5.74, 6) is 6.27. The lowest BCUT2D eigenvalue weighted by Gasteiger charge is -2.29. The van der Waals surface area contributed by atoms with Gasteiger partial charge in [0, 0.05) is 80.2 Å². The van der Waals surface area contributed by atoms with Gasteiger partial charge >= 0.3 is 6.03 Å². The molecule has 3 amide bonds. The van der Waals surface area contributed by atoms with Crippen LogP contribution in [0.2, 0.25) is 10.0 Å². The fraction of sp³-hybridized carbons (Fsp3) is 0.412. The number of nitrogens with one attached hydrogen (secondary N) is 1. The van der Waals surface area contributed by atoms with Gasteiger partial charge in [-0.05, 0) is 49.7 Å². The molecule has 0 spiro atoms. The number of carbonyl (C=O) groups is 2. The molecule has 2 saturated heterocycles. The van der Waals surface area contributed by atoms with Gasteiger partial charge in [-0.1, -0.05) is 53.3 Å². The standard InChI is InChI=1S/C34H37Cl2N7O3S/c35-28-8-6-25(20-24(28)5-3-23-4-7-29(36)26(19-23)33(44)41-12-1-10-38-11-16-41)32-27-21-42(34(37)45)15-9-30(27)43(39-32)14-2-13-40-17-18-46-22-31(40)47/h4,6-8,19-20,38H,1-2,9-18,21-22H2,(H2,37,45). The van der Waals surface area contributed by atoms with Gasteiger partial charge in [-0.3, -0.25) is 9.48 Å². The molecule has 0 aliphatic carbocycles. The van der Waals surface area contributed by atoms with Crippen LogP contribution in [-0.2, 0) is 24.2 Å². The van der Waals surface area contributed by atoms with Gasteiger partial charge in [0.05, 0.1) is 41.1 Å². The molecule has 3 N–H and O–H groups in total. The van der Waals surface area contributed by atoms with Crippen LogP contribution < -0.4 is 11.1 Å². The number of ether oxygens (including phenoxy) is 1. The third-order valence-electron chi connectivity index (χ3n) is 8.73. The number of morpholine rings is 1. The summed E-state index contributed by atoms with van der Waals surface area (Å²) >= 11 is 18.6. The molecule has 13 heteroatoms. The summed E-state index contributed by atoms with van der Waals surface area (Å²) in [6, 6.07) is 10.5. The largest absolute Gasteiger partial charge is 0.372 e. The Balaban J connectivity index is 1.26. The number of nitrogens with two attached hydrogens (primary N) is 1. The minimum Gasteiger partial charge on any atom is -0.372 e. The average molecular weight is 695 g/mol. The van der Waals surface area contributed by atoms with Crippen molar-refractivity contribution in [2.75, 3.05) is 59.0 Å². The number of carbonyl (C=O) groups excluding carboxylic acids is 2. The zero-order valence-corrected chi connectivity index (χ0v) is 28.4. The number of primary amides is 1. The molecule has 47 heavy (non-hydrogen) atoms. The van der Waals surface area contributed by atoms with Gasteiger partial charge in [-0.2, -0.15) is 5.10 Å². The smallest absolute Gasteiger partial charge is 0.315 e. The van der Waals surface area contributed by atoms with E-state index in [1.54, 1.807) is 23.1 Å². The van der Waals surface area contributed by atoms with E-state index in [9.17, 15) is 9.59 Å². The number of halogens is 2.